The lowest BCUT2D eigenvalue weighted by molar-refractivity contribution is 0.0925. The van der Waals surface area contributed by atoms with Crippen LogP contribution in [0.4, 0.5) is 17.6 Å². The van der Waals surface area contributed by atoms with Gasteiger partial charge in [-0.2, -0.15) is 10.1 Å². The van der Waals surface area contributed by atoms with Crippen LogP contribution in [0.2, 0.25) is 0 Å². The molecule has 0 atom stereocenters. The predicted octanol–water partition coefficient (Wildman–Crippen LogP) is 3.40. The Labute approximate surface area is 210 Å². The van der Waals surface area contributed by atoms with E-state index in [9.17, 15) is 13.2 Å². The van der Waals surface area contributed by atoms with Gasteiger partial charge in [-0.3, -0.25) is 9.89 Å². The van der Waals surface area contributed by atoms with Crippen LogP contribution in [-0.2, 0) is 9.84 Å². The minimum absolute atomic E-state index is 0.0401. The van der Waals surface area contributed by atoms with Crippen LogP contribution >= 0.6 is 0 Å². The Morgan fingerprint density at radius 3 is 2.56 bits per heavy atom. The van der Waals surface area contributed by atoms with E-state index in [1.54, 1.807) is 18.3 Å². The Morgan fingerprint density at radius 1 is 1.06 bits per heavy atom. The molecule has 3 N–H and O–H groups in total. The van der Waals surface area contributed by atoms with Gasteiger partial charge in [0.2, 0.25) is 5.95 Å². The molecule has 2 heterocycles. The van der Waals surface area contributed by atoms with Gasteiger partial charge in [0, 0.05) is 54.8 Å². The number of aromatic amines is 1. The normalized spacial score (nSPS) is 20.1. The maximum Gasteiger partial charge on any atom is 0.251 e. The molecule has 2 aliphatic carbocycles. The van der Waals surface area contributed by atoms with Crippen molar-refractivity contribution < 1.29 is 13.2 Å². The minimum atomic E-state index is -3.36. The highest BCUT2D eigenvalue weighted by molar-refractivity contribution is 7.90. The summed E-state index contributed by atoms with van der Waals surface area (Å²) in [5.41, 5.74) is 1.52. The smallest absolute Gasteiger partial charge is 0.251 e. The zero-order chi connectivity index (χ0) is 25.3. The highest BCUT2D eigenvalue weighted by Gasteiger charge is 2.27. The molecular weight excluding hydrogens is 478 g/mol. The largest absolute Gasteiger partial charge is 0.349 e. The van der Waals surface area contributed by atoms with Gasteiger partial charge in [-0.1, -0.05) is 6.07 Å². The van der Waals surface area contributed by atoms with Gasteiger partial charge in [-0.05, 0) is 62.8 Å². The first-order valence-electron chi connectivity index (χ1n) is 12.3. The van der Waals surface area contributed by atoms with Crippen molar-refractivity contribution in [3.8, 4) is 0 Å². The molecular formula is C25H31N7O3S. The van der Waals surface area contributed by atoms with Gasteiger partial charge in [0.25, 0.3) is 5.91 Å². The number of carbonyl (C=O) groups is 1. The summed E-state index contributed by atoms with van der Waals surface area (Å²) in [4.78, 5) is 24.1. The lowest BCUT2D eigenvalue weighted by Gasteiger charge is -2.35. The van der Waals surface area contributed by atoms with E-state index < -0.39 is 9.84 Å². The SMILES string of the molecule is CN(c1nccc(Nc2cc(C3CC3)[nH]n2)n1)C1CCC(NC(=O)c2cccc(S(C)(=O)=O)c2)CC1. The Kier molecular flexibility index (Phi) is 6.65. The third kappa shape index (κ3) is 5.67. The Hall–Kier alpha value is -3.47. The molecule has 0 saturated heterocycles. The van der Waals surface area contributed by atoms with Crippen molar-refractivity contribution in [2.75, 3.05) is 23.5 Å². The first-order chi connectivity index (χ1) is 17.3. The monoisotopic (exact) mass is 509 g/mol. The quantitative estimate of drug-likeness (QED) is 0.421. The maximum atomic E-state index is 12.7. The summed E-state index contributed by atoms with van der Waals surface area (Å²) >= 11 is 0. The van der Waals surface area contributed by atoms with Crippen LogP contribution in [0.25, 0.3) is 0 Å². The summed E-state index contributed by atoms with van der Waals surface area (Å²) in [5.74, 6) is 2.45. The molecule has 2 fully saturated rings. The number of sulfone groups is 1. The molecule has 1 aromatic carbocycles. The molecule has 36 heavy (non-hydrogen) atoms. The fraction of sp³-hybridized carbons (Fsp3) is 0.440. The lowest BCUT2D eigenvalue weighted by Crippen LogP contribution is -2.43. The molecule has 3 aromatic rings. The maximum absolute atomic E-state index is 12.7. The topological polar surface area (TPSA) is 133 Å². The number of hydrogen-bond donors (Lipinski definition) is 3. The molecule has 11 heteroatoms. The number of nitrogens with zero attached hydrogens (tertiary/aromatic N) is 4. The fourth-order valence-corrected chi connectivity index (χ4v) is 5.30. The molecule has 0 unspecified atom stereocenters. The molecule has 0 aliphatic heterocycles. The first kappa shape index (κ1) is 24.2. The number of H-pyrrole nitrogens is 1. The van der Waals surface area contributed by atoms with Gasteiger partial charge < -0.3 is 15.5 Å². The molecule has 1 amide bonds. The number of rotatable bonds is 8. The van der Waals surface area contributed by atoms with Gasteiger partial charge in [0.1, 0.15) is 5.82 Å². The van der Waals surface area contributed by atoms with Gasteiger partial charge in [-0.25, -0.2) is 13.4 Å². The second-order valence-corrected chi connectivity index (χ2v) is 11.8. The number of aromatic nitrogens is 4. The second kappa shape index (κ2) is 9.88. The molecule has 190 valence electrons. The van der Waals surface area contributed by atoms with Crippen LogP contribution in [-0.4, -0.2) is 59.9 Å². The zero-order valence-electron chi connectivity index (χ0n) is 20.4. The highest BCUT2D eigenvalue weighted by Crippen LogP contribution is 2.39. The minimum Gasteiger partial charge on any atom is -0.349 e. The van der Waals surface area contributed by atoms with Gasteiger partial charge in [0.05, 0.1) is 4.90 Å². The number of carbonyl (C=O) groups excluding carboxylic acids is 1. The number of nitrogens with one attached hydrogen (secondary N) is 3. The van der Waals surface area contributed by atoms with E-state index in [1.165, 1.54) is 25.0 Å². The van der Waals surface area contributed by atoms with E-state index in [0.29, 0.717) is 23.2 Å². The summed E-state index contributed by atoms with van der Waals surface area (Å²) in [5, 5.41) is 13.7. The van der Waals surface area contributed by atoms with Crippen molar-refractivity contribution in [1.29, 1.82) is 0 Å². The predicted molar refractivity (Wildman–Crippen MR) is 137 cm³/mol. The third-order valence-electron chi connectivity index (χ3n) is 6.93. The number of amides is 1. The van der Waals surface area contributed by atoms with Gasteiger partial charge in [-0.15, -0.1) is 0 Å². The summed E-state index contributed by atoms with van der Waals surface area (Å²) in [6, 6.07) is 10.3. The number of hydrogen-bond acceptors (Lipinski definition) is 8. The summed E-state index contributed by atoms with van der Waals surface area (Å²) in [6.07, 6.45) is 8.72. The van der Waals surface area contributed by atoms with E-state index in [1.807, 2.05) is 19.2 Å². The summed E-state index contributed by atoms with van der Waals surface area (Å²) < 4.78 is 23.6. The third-order valence-corrected chi connectivity index (χ3v) is 8.04. The Bertz CT molecular complexity index is 1340. The standard InChI is InChI=1S/C25H31N7O3S/c1-32(25-26-13-12-22(29-25)28-23-15-21(30-31-23)16-6-7-16)19-10-8-18(9-11-19)27-24(33)17-4-3-5-20(14-17)36(2,34)35/h3-5,12-16,18-19H,6-11H2,1-2H3,(H,27,33)(H2,26,28,29,30,31). The zero-order valence-corrected chi connectivity index (χ0v) is 21.3. The average molecular weight is 510 g/mol. The molecule has 10 nitrogen and oxygen atoms in total. The van der Waals surface area contributed by atoms with E-state index in [4.69, 9.17) is 0 Å². The van der Waals surface area contributed by atoms with Crippen LogP contribution in [0.3, 0.4) is 0 Å². The van der Waals surface area contributed by atoms with Crippen LogP contribution in [0, 0.1) is 0 Å². The van der Waals surface area contributed by atoms with E-state index in [0.717, 1.165) is 43.5 Å². The molecule has 0 bridgehead atoms. The number of anilines is 3. The van der Waals surface area contributed by atoms with E-state index in [2.05, 4.69) is 35.7 Å². The highest BCUT2D eigenvalue weighted by atomic mass is 32.2. The van der Waals surface area contributed by atoms with Gasteiger partial charge >= 0.3 is 0 Å². The van der Waals surface area contributed by atoms with Crippen molar-refractivity contribution in [3.63, 3.8) is 0 Å². The van der Waals surface area contributed by atoms with Crippen LogP contribution < -0.4 is 15.5 Å². The lowest BCUT2D eigenvalue weighted by atomic mass is 9.90. The second-order valence-electron chi connectivity index (χ2n) is 9.74. The van der Waals surface area contributed by atoms with E-state index >= 15 is 0 Å². The molecule has 0 spiro atoms. The molecule has 2 aliphatic rings. The first-order valence-corrected chi connectivity index (χ1v) is 14.1. The average Bonchev–Trinajstić information content (AvgIpc) is 3.62. The van der Waals surface area contributed by atoms with Crippen molar-refractivity contribution in [2.24, 2.45) is 0 Å². The van der Waals surface area contributed by atoms with E-state index in [-0.39, 0.29) is 22.9 Å². The van der Waals surface area contributed by atoms with Crippen molar-refractivity contribution in [1.82, 2.24) is 25.5 Å². The number of benzene rings is 1. The van der Waals surface area contributed by atoms with Crippen molar-refractivity contribution in [3.05, 3.63) is 53.9 Å². The molecule has 0 radical (unpaired) electrons. The Morgan fingerprint density at radius 2 is 1.83 bits per heavy atom. The fourth-order valence-electron chi connectivity index (χ4n) is 4.63. The summed E-state index contributed by atoms with van der Waals surface area (Å²) in [6.45, 7) is 0. The van der Waals surface area contributed by atoms with Crippen LogP contribution in [0.1, 0.15) is 60.5 Å². The van der Waals surface area contributed by atoms with Crippen LogP contribution in [0.5, 0.6) is 0 Å². The summed E-state index contributed by atoms with van der Waals surface area (Å²) in [7, 11) is -1.36. The Balaban J connectivity index is 1.15. The van der Waals surface area contributed by atoms with Gasteiger partial charge in [0.15, 0.2) is 15.7 Å². The van der Waals surface area contributed by atoms with Crippen molar-refractivity contribution in [2.45, 2.75) is 61.4 Å². The molecule has 2 saturated carbocycles. The van der Waals surface area contributed by atoms with Crippen molar-refractivity contribution >= 4 is 33.3 Å². The van der Waals surface area contributed by atoms with Crippen LogP contribution in [0.15, 0.2) is 47.5 Å². The molecule has 5 rings (SSSR count). The molecule has 2 aromatic heterocycles.